The van der Waals surface area contributed by atoms with E-state index in [-0.39, 0.29) is 16.3 Å². The van der Waals surface area contributed by atoms with Crippen molar-refractivity contribution in [2.75, 3.05) is 13.1 Å². The average Bonchev–Trinajstić information content (AvgIpc) is 3.13. The smallest absolute Gasteiger partial charge is 0.262 e. The number of nitrogens with two attached hydrogens (primary N) is 1. The van der Waals surface area contributed by atoms with Crippen LogP contribution in [0.3, 0.4) is 0 Å². The molecule has 0 unspecified atom stereocenters. The number of hydrogen-bond acceptors (Lipinski definition) is 6. The van der Waals surface area contributed by atoms with Crippen molar-refractivity contribution >= 4 is 38.6 Å². The van der Waals surface area contributed by atoms with Crippen molar-refractivity contribution in [1.29, 1.82) is 0 Å². The van der Waals surface area contributed by atoms with E-state index < -0.39 is 15.9 Å². The van der Waals surface area contributed by atoms with Gasteiger partial charge in [0, 0.05) is 24.5 Å². The summed E-state index contributed by atoms with van der Waals surface area (Å²) in [6.07, 6.45) is 0. The first kappa shape index (κ1) is 16.1. The predicted molar refractivity (Wildman–Crippen MR) is 84.1 cm³/mol. The van der Waals surface area contributed by atoms with Crippen LogP contribution in [0.5, 0.6) is 0 Å². The van der Waals surface area contributed by atoms with Crippen molar-refractivity contribution in [3.05, 3.63) is 38.7 Å². The van der Waals surface area contributed by atoms with Gasteiger partial charge >= 0.3 is 0 Å². The van der Waals surface area contributed by atoms with Crippen molar-refractivity contribution in [2.45, 2.75) is 11.4 Å². The zero-order valence-corrected chi connectivity index (χ0v) is 13.5. The summed E-state index contributed by atoms with van der Waals surface area (Å²) in [5, 5.41) is 6.03. The molecule has 0 aromatic carbocycles. The van der Waals surface area contributed by atoms with Gasteiger partial charge < -0.3 is 11.1 Å². The maximum absolute atomic E-state index is 12.3. The maximum atomic E-state index is 12.3. The van der Waals surface area contributed by atoms with Crippen LogP contribution in [0.2, 0.25) is 0 Å². The number of rotatable bonds is 7. The van der Waals surface area contributed by atoms with E-state index in [0.29, 0.717) is 13.1 Å². The summed E-state index contributed by atoms with van der Waals surface area (Å²) in [5.41, 5.74) is 5.32. The molecule has 114 valence electrons. The molecular formula is C12H15N3O3S3. The molecule has 1 amide bonds. The van der Waals surface area contributed by atoms with Crippen LogP contribution >= 0.6 is 22.7 Å². The molecule has 2 aromatic rings. The minimum absolute atomic E-state index is 0.00132. The van der Waals surface area contributed by atoms with Crippen molar-refractivity contribution in [3.63, 3.8) is 0 Å². The lowest BCUT2D eigenvalue weighted by molar-refractivity contribution is 0.0956. The number of nitrogens with one attached hydrogen (secondary N) is 2. The number of hydrogen-bond donors (Lipinski definition) is 3. The molecule has 0 aliphatic rings. The van der Waals surface area contributed by atoms with Gasteiger partial charge in [0.25, 0.3) is 5.91 Å². The third kappa shape index (κ3) is 4.11. The Hall–Kier alpha value is -1.26. The van der Waals surface area contributed by atoms with Crippen LogP contribution in [-0.2, 0) is 16.6 Å². The maximum Gasteiger partial charge on any atom is 0.262 e. The quantitative estimate of drug-likeness (QED) is 0.696. The van der Waals surface area contributed by atoms with Gasteiger partial charge in [-0.15, -0.1) is 22.7 Å². The predicted octanol–water partition coefficient (Wildman–Crippen LogP) is 0.977. The highest BCUT2D eigenvalue weighted by Gasteiger charge is 2.23. The van der Waals surface area contributed by atoms with Crippen LogP contribution in [0.15, 0.2) is 33.9 Å². The summed E-state index contributed by atoms with van der Waals surface area (Å²) >= 11 is 2.55. The molecule has 6 nitrogen and oxygen atoms in total. The van der Waals surface area contributed by atoms with E-state index in [4.69, 9.17) is 5.73 Å². The molecule has 2 aromatic heterocycles. The van der Waals surface area contributed by atoms with E-state index in [1.807, 2.05) is 17.5 Å². The van der Waals surface area contributed by atoms with Gasteiger partial charge in [0.2, 0.25) is 10.0 Å². The Morgan fingerprint density at radius 1 is 1.24 bits per heavy atom. The van der Waals surface area contributed by atoms with Gasteiger partial charge in [-0.25, -0.2) is 13.1 Å². The number of carbonyl (C=O) groups excluding carboxylic acids is 1. The van der Waals surface area contributed by atoms with E-state index >= 15 is 0 Å². The number of thiophene rings is 2. The molecule has 4 N–H and O–H groups in total. The van der Waals surface area contributed by atoms with Crippen LogP contribution in [-0.4, -0.2) is 27.4 Å². The van der Waals surface area contributed by atoms with E-state index in [9.17, 15) is 13.2 Å². The van der Waals surface area contributed by atoms with Crippen LogP contribution in [0, 0.1) is 0 Å². The topological polar surface area (TPSA) is 101 Å². The fourth-order valence-electron chi connectivity index (χ4n) is 1.60. The molecule has 2 heterocycles. The number of amides is 1. The summed E-state index contributed by atoms with van der Waals surface area (Å²) in [6.45, 7) is 0.814. The average molecular weight is 345 g/mol. The minimum Gasteiger partial charge on any atom is -0.350 e. The van der Waals surface area contributed by atoms with Crippen molar-refractivity contribution in [3.8, 4) is 0 Å². The summed E-state index contributed by atoms with van der Waals surface area (Å²) in [5.74, 6) is -0.424. The third-order valence-electron chi connectivity index (χ3n) is 2.57. The Morgan fingerprint density at radius 2 is 2.05 bits per heavy atom. The highest BCUT2D eigenvalue weighted by molar-refractivity contribution is 7.89. The van der Waals surface area contributed by atoms with E-state index in [1.54, 1.807) is 5.38 Å². The number of sulfonamides is 1. The molecule has 0 saturated heterocycles. The Balaban J connectivity index is 2.13. The molecule has 0 saturated carbocycles. The van der Waals surface area contributed by atoms with Crippen LogP contribution in [0.25, 0.3) is 0 Å². The lowest BCUT2D eigenvalue weighted by Gasteiger charge is -2.07. The lowest BCUT2D eigenvalue weighted by atomic mass is 10.4. The second-order valence-electron chi connectivity index (χ2n) is 4.06. The van der Waals surface area contributed by atoms with E-state index in [0.717, 1.165) is 16.2 Å². The summed E-state index contributed by atoms with van der Waals surface area (Å²) < 4.78 is 27.1. The van der Waals surface area contributed by atoms with Gasteiger partial charge in [0.05, 0.1) is 0 Å². The van der Waals surface area contributed by atoms with Gasteiger partial charge in [-0.2, -0.15) is 0 Å². The fraction of sp³-hybridized carbons (Fsp3) is 0.250. The van der Waals surface area contributed by atoms with Crippen molar-refractivity contribution in [2.24, 2.45) is 5.73 Å². The first-order valence-corrected chi connectivity index (χ1v) is 9.36. The highest BCUT2D eigenvalue weighted by atomic mass is 32.2. The molecule has 0 bridgehead atoms. The molecule has 2 rings (SSSR count). The zero-order chi connectivity index (χ0) is 15.3. The third-order valence-corrected chi connectivity index (χ3v) is 5.93. The standard InChI is InChI=1S/C12H15N3O3S3/c13-4-5-14-12(16)11-10(3-7-20-11)21(17,18)15-8-9-2-1-6-19-9/h1-3,6-7,15H,4-5,8,13H2,(H,14,16). The van der Waals surface area contributed by atoms with Crippen molar-refractivity contribution < 1.29 is 13.2 Å². The highest BCUT2D eigenvalue weighted by Crippen LogP contribution is 2.22. The fourth-order valence-corrected chi connectivity index (χ4v) is 4.68. The lowest BCUT2D eigenvalue weighted by Crippen LogP contribution is -2.30. The monoisotopic (exact) mass is 345 g/mol. The SMILES string of the molecule is NCCNC(=O)c1sccc1S(=O)(=O)NCc1cccs1. The molecule has 0 spiro atoms. The van der Waals surface area contributed by atoms with E-state index in [2.05, 4.69) is 10.0 Å². The van der Waals surface area contributed by atoms with Crippen LogP contribution in [0.1, 0.15) is 14.5 Å². The molecule has 0 fully saturated rings. The molecule has 0 aliphatic carbocycles. The molecular weight excluding hydrogens is 330 g/mol. The summed E-state index contributed by atoms with van der Waals surface area (Å²) in [6, 6.07) is 5.12. The Morgan fingerprint density at radius 3 is 2.71 bits per heavy atom. The Kier molecular flexibility index (Phi) is 5.48. The first-order chi connectivity index (χ1) is 10.0. The largest absolute Gasteiger partial charge is 0.350 e. The second kappa shape index (κ2) is 7.14. The second-order valence-corrected chi connectivity index (χ2v) is 7.75. The van der Waals surface area contributed by atoms with Crippen LogP contribution in [0.4, 0.5) is 0 Å². The Labute approximate surface area is 131 Å². The van der Waals surface area contributed by atoms with Crippen LogP contribution < -0.4 is 15.8 Å². The molecule has 0 radical (unpaired) electrons. The summed E-state index contributed by atoms with van der Waals surface area (Å²) in [4.78, 5) is 13.0. The van der Waals surface area contributed by atoms with Gasteiger partial charge in [-0.3, -0.25) is 4.79 Å². The van der Waals surface area contributed by atoms with Gasteiger partial charge in [-0.05, 0) is 22.9 Å². The molecule has 0 aliphatic heterocycles. The van der Waals surface area contributed by atoms with Gasteiger partial charge in [0.1, 0.15) is 9.77 Å². The number of carbonyl (C=O) groups is 1. The van der Waals surface area contributed by atoms with Crippen molar-refractivity contribution in [1.82, 2.24) is 10.0 Å². The first-order valence-electron chi connectivity index (χ1n) is 6.12. The molecule has 9 heteroatoms. The molecule has 0 atom stereocenters. The minimum atomic E-state index is -3.72. The van der Waals surface area contributed by atoms with E-state index in [1.165, 1.54) is 17.4 Å². The Bertz CT molecular complexity index is 692. The van der Waals surface area contributed by atoms with Gasteiger partial charge in [0.15, 0.2) is 0 Å². The summed E-state index contributed by atoms with van der Waals surface area (Å²) in [7, 11) is -3.72. The normalized spacial score (nSPS) is 11.5. The molecule has 21 heavy (non-hydrogen) atoms. The van der Waals surface area contributed by atoms with Gasteiger partial charge in [-0.1, -0.05) is 6.07 Å². The zero-order valence-electron chi connectivity index (χ0n) is 11.0.